The lowest BCUT2D eigenvalue weighted by molar-refractivity contribution is 0.0922. The molecule has 1 heterocycles. The van der Waals surface area contributed by atoms with E-state index in [1.807, 2.05) is 55.5 Å². The lowest BCUT2D eigenvalue weighted by atomic mass is 9.75. The Morgan fingerprint density at radius 3 is 2.42 bits per heavy atom. The molecule has 0 aliphatic heterocycles. The summed E-state index contributed by atoms with van der Waals surface area (Å²) < 4.78 is 6.10. The summed E-state index contributed by atoms with van der Waals surface area (Å²) in [6.07, 6.45) is 2.38. The molecule has 4 rings (SSSR count). The Kier molecular flexibility index (Phi) is 5.94. The summed E-state index contributed by atoms with van der Waals surface area (Å²) in [6.45, 7) is 6.91. The number of hydrogen-bond donors (Lipinski definition) is 2. The van der Waals surface area contributed by atoms with Gasteiger partial charge in [-0.15, -0.1) is 0 Å². The number of amides is 1. The molecule has 0 saturated carbocycles. The third kappa shape index (κ3) is 4.88. The number of nitrogens with one attached hydrogen (secondary N) is 2. The van der Waals surface area contributed by atoms with Crippen LogP contribution in [0.15, 0.2) is 70.2 Å². The average molecular weight is 416 g/mol. The first-order chi connectivity index (χ1) is 14.9. The Labute approximate surface area is 183 Å². The smallest absolute Gasteiger partial charge is 0.287 e. The number of furan rings is 1. The van der Waals surface area contributed by atoms with Crippen LogP contribution in [0, 0.1) is 12.3 Å². The Bertz CT molecular complexity index is 1080. The summed E-state index contributed by atoms with van der Waals surface area (Å²) in [4.78, 5) is 12.9. The minimum Gasteiger partial charge on any atom is -0.455 e. The van der Waals surface area contributed by atoms with Gasteiger partial charge in [0, 0.05) is 24.1 Å². The van der Waals surface area contributed by atoms with Gasteiger partial charge in [-0.05, 0) is 42.9 Å². The normalized spacial score (nSPS) is 16.0. The molecule has 0 saturated heterocycles. The van der Waals surface area contributed by atoms with Crippen LogP contribution < -0.4 is 10.7 Å². The van der Waals surface area contributed by atoms with Gasteiger partial charge in [-0.2, -0.15) is 5.10 Å². The molecule has 0 atom stereocenters. The van der Waals surface area contributed by atoms with E-state index in [-0.39, 0.29) is 11.3 Å². The van der Waals surface area contributed by atoms with E-state index < -0.39 is 0 Å². The summed E-state index contributed by atoms with van der Waals surface area (Å²) in [7, 11) is 0. The third-order valence-electron chi connectivity index (χ3n) is 5.64. The van der Waals surface area contributed by atoms with Crippen molar-refractivity contribution in [1.29, 1.82) is 0 Å². The van der Waals surface area contributed by atoms with Crippen LogP contribution in [0.2, 0.25) is 0 Å². The SMILES string of the molecule is Cc1c(C(=O)NCCc2ccccc2)oc2c1/C(=N\Nc1ccccc1)CC(C)(C)C2. The second-order valence-electron chi connectivity index (χ2n) is 8.90. The Morgan fingerprint density at radius 2 is 1.71 bits per heavy atom. The highest BCUT2D eigenvalue weighted by molar-refractivity contribution is 6.07. The Balaban J connectivity index is 1.54. The molecule has 5 nitrogen and oxygen atoms in total. The van der Waals surface area contributed by atoms with Gasteiger partial charge in [-0.25, -0.2) is 0 Å². The van der Waals surface area contributed by atoms with E-state index in [1.54, 1.807) is 0 Å². The van der Waals surface area contributed by atoms with Gasteiger partial charge in [-0.1, -0.05) is 62.4 Å². The largest absolute Gasteiger partial charge is 0.455 e. The minimum absolute atomic E-state index is 0.00947. The number of fused-ring (bicyclic) bond motifs is 1. The van der Waals surface area contributed by atoms with Crippen LogP contribution >= 0.6 is 0 Å². The van der Waals surface area contributed by atoms with Crippen LogP contribution in [0.1, 0.15) is 53.3 Å². The van der Waals surface area contributed by atoms with Gasteiger partial charge in [-0.3, -0.25) is 10.2 Å². The van der Waals surface area contributed by atoms with Crippen molar-refractivity contribution in [3.8, 4) is 0 Å². The molecule has 2 N–H and O–H groups in total. The lowest BCUT2D eigenvalue weighted by Crippen LogP contribution is -2.27. The zero-order valence-electron chi connectivity index (χ0n) is 18.4. The van der Waals surface area contributed by atoms with Crippen molar-refractivity contribution >= 4 is 17.3 Å². The zero-order chi connectivity index (χ0) is 21.8. The molecule has 0 spiro atoms. The Morgan fingerprint density at radius 1 is 1.03 bits per heavy atom. The summed E-state index contributed by atoms with van der Waals surface area (Å²) in [5, 5.41) is 7.70. The van der Waals surface area contributed by atoms with E-state index in [9.17, 15) is 4.79 Å². The van der Waals surface area contributed by atoms with E-state index in [0.29, 0.717) is 12.3 Å². The maximum atomic E-state index is 12.9. The predicted octanol–water partition coefficient (Wildman–Crippen LogP) is 5.35. The van der Waals surface area contributed by atoms with E-state index in [4.69, 9.17) is 9.52 Å². The number of nitrogens with zero attached hydrogens (tertiary/aromatic N) is 1. The Hall–Kier alpha value is -3.34. The van der Waals surface area contributed by atoms with Gasteiger partial charge < -0.3 is 9.73 Å². The van der Waals surface area contributed by atoms with Crippen LogP contribution in [-0.2, 0) is 12.8 Å². The van der Waals surface area contributed by atoms with Gasteiger partial charge in [0.25, 0.3) is 5.91 Å². The van der Waals surface area contributed by atoms with E-state index in [2.05, 4.69) is 36.7 Å². The molecule has 2 aromatic carbocycles. The summed E-state index contributed by atoms with van der Waals surface area (Å²) in [5.74, 6) is 1.06. The number of carbonyl (C=O) groups excluding carboxylic acids is 1. The van der Waals surface area contributed by atoms with Crippen LogP contribution in [-0.4, -0.2) is 18.2 Å². The second-order valence-corrected chi connectivity index (χ2v) is 8.90. The standard InChI is InChI=1S/C26H29N3O2/c1-18-23-21(29-28-20-12-8-5-9-13-20)16-26(2,3)17-22(23)31-24(18)25(30)27-15-14-19-10-6-4-7-11-19/h4-13,28H,14-17H2,1-3H3,(H,27,30)/b29-21-. The molecule has 0 bridgehead atoms. The van der Waals surface area contributed by atoms with Gasteiger partial charge in [0.1, 0.15) is 5.76 Å². The molecule has 3 aromatic rings. The number of hydrogen-bond acceptors (Lipinski definition) is 4. The maximum absolute atomic E-state index is 12.9. The van der Waals surface area contributed by atoms with Crippen LogP contribution in [0.4, 0.5) is 5.69 Å². The number of carbonyl (C=O) groups is 1. The molecule has 0 unspecified atom stereocenters. The van der Waals surface area contributed by atoms with Crippen molar-refractivity contribution in [2.24, 2.45) is 10.5 Å². The monoisotopic (exact) mass is 415 g/mol. The highest BCUT2D eigenvalue weighted by atomic mass is 16.4. The first-order valence-corrected chi connectivity index (χ1v) is 10.8. The van der Waals surface area contributed by atoms with Crippen molar-refractivity contribution in [3.05, 3.63) is 88.9 Å². The first kappa shape index (κ1) is 20.9. The first-order valence-electron chi connectivity index (χ1n) is 10.8. The number of benzene rings is 2. The topological polar surface area (TPSA) is 66.6 Å². The van der Waals surface area contributed by atoms with E-state index in [0.717, 1.165) is 47.5 Å². The van der Waals surface area contributed by atoms with E-state index >= 15 is 0 Å². The molecule has 1 amide bonds. The van der Waals surface area contributed by atoms with E-state index in [1.165, 1.54) is 5.56 Å². The predicted molar refractivity (Wildman–Crippen MR) is 125 cm³/mol. The summed E-state index contributed by atoms with van der Waals surface area (Å²) in [6, 6.07) is 20.0. The maximum Gasteiger partial charge on any atom is 0.287 e. The lowest BCUT2D eigenvalue weighted by Gasteiger charge is -2.29. The fourth-order valence-corrected chi connectivity index (χ4v) is 4.12. The number of anilines is 1. The quantitative estimate of drug-likeness (QED) is 0.534. The highest BCUT2D eigenvalue weighted by Crippen LogP contribution is 2.39. The van der Waals surface area contributed by atoms with Crippen molar-refractivity contribution < 1.29 is 9.21 Å². The fourth-order valence-electron chi connectivity index (χ4n) is 4.12. The van der Waals surface area contributed by atoms with Gasteiger partial charge in [0.2, 0.25) is 0 Å². The van der Waals surface area contributed by atoms with Crippen molar-refractivity contribution in [3.63, 3.8) is 0 Å². The highest BCUT2D eigenvalue weighted by Gasteiger charge is 2.36. The summed E-state index contributed by atoms with van der Waals surface area (Å²) in [5.41, 5.74) is 8.05. The molecule has 5 heteroatoms. The van der Waals surface area contributed by atoms with Crippen LogP contribution in [0.5, 0.6) is 0 Å². The molecule has 0 fully saturated rings. The molecular weight excluding hydrogens is 386 g/mol. The third-order valence-corrected chi connectivity index (χ3v) is 5.64. The van der Waals surface area contributed by atoms with Crippen LogP contribution in [0.3, 0.4) is 0 Å². The molecule has 1 aliphatic carbocycles. The molecule has 1 aliphatic rings. The number of para-hydroxylation sites is 1. The molecule has 160 valence electrons. The second kappa shape index (κ2) is 8.80. The van der Waals surface area contributed by atoms with Gasteiger partial charge in [0.05, 0.1) is 11.4 Å². The molecule has 1 aromatic heterocycles. The van der Waals surface area contributed by atoms with Crippen molar-refractivity contribution in [2.75, 3.05) is 12.0 Å². The fraction of sp³-hybridized carbons (Fsp3) is 0.308. The minimum atomic E-state index is -0.170. The zero-order valence-corrected chi connectivity index (χ0v) is 18.4. The number of rotatable bonds is 6. The summed E-state index contributed by atoms with van der Waals surface area (Å²) >= 11 is 0. The molecule has 0 radical (unpaired) electrons. The molecular formula is C26H29N3O2. The van der Waals surface area contributed by atoms with Crippen molar-refractivity contribution in [2.45, 2.75) is 40.0 Å². The van der Waals surface area contributed by atoms with Gasteiger partial charge in [0.15, 0.2) is 5.76 Å². The number of hydrazone groups is 1. The molecule has 31 heavy (non-hydrogen) atoms. The average Bonchev–Trinajstić information content (AvgIpc) is 3.08. The van der Waals surface area contributed by atoms with Gasteiger partial charge >= 0.3 is 0 Å². The van der Waals surface area contributed by atoms with Crippen LogP contribution in [0.25, 0.3) is 0 Å². The van der Waals surface area contributed by atoms with Crippen molar-refractivity contribution in [1.82, 2.24) is 5.32 Å².